The summed E-state index contributed by atoms with van der Waals surface area (Å²) in [7, 11) is 1.28. The van der Waals surface area contributed by atoms with E-state index in [0.717, 1.165) is 11.1 Å². The van der Waals surface area contributed by atoms with Gasteiger partial charge < -0.3 is 24.1 Å². The van der Waals surface area contributed by atoms with Crippen LogP contribution in [0.5, 0.6) is 0 Å². The Morgan fingerprint density at radius 3 is 2.46 bits per heavy atom. The highest BCUT2D eigenvalue weighted by atomic mass is 16.7. The van der Waals surface area contributed by atoms with Crippen molar-refractivity contribution in [3.63, 3.8) is 0 Å². The Morgan fingerprint density at radius 2 is 1.83 bits per heavy atom. The van der Waals surface area contributed by atoms with Crippen molar-refractivity contribution in [1.29, 1.82) is 0 Å². The minimum absolute atomic E-state index is 0.00769. The Morgan fingerprint density at radius 1 is 1.17 bits per heavy atom. The van der Waals surface area contributed by atoms with Gasteiger partial charge in [-0.05, 0) is 58.1 Å². The normalized spacial score (nSPS) is 45.9. The molecule has 0 spiro atoms. The highest BCUT2D eigenvalue weighted by molar-refractivity contribution is 5.94. The van der Waals surface area contributed by atoms with E-state index in [1.54, 1.807) is 40.7 Å². The lowest BCUT2D eigenvalue weighted by atomic mass is 9.42. The molecule has 0 unspecified atom stereocenters. The summed E-state index contributed by atoms with van der Waals surface area (Å²) in [4.78, 5) is 53.0. The van der Waals surface area contributed by atoms with Gasteiger partial charge >= 0.3 is 17.9 Å². The monoisotopic (exact) mass is 488 g/mol. The zero-order valence-electron chi connectivity index (χ0n) is 21.1. The molecule has 35 heavy (non-hydrogen) atoms. The molecule has 0 radical (unpaired) electrons. The zero-order valence-corrected chi connectivity index (χ0v) is 21.1. The number of allylic oxidation sites excluding steroid dienone is 1. The standard InChI is InChI=1S/C26H32O9/c1-11-13-8-17(27)35-23(3,4)14(13)9-15(20(29)32-7)25(6)16(11)10-24(5)21(30)34-22-26(24,31)19(25)18(28)12(2)33-22/h9,12,15-16,19,22,31H,8,10H2,1-7H3/t12-,15-,16-,19+,22+,24-,25+,26-/m0/s1. The second-order valence-corrected chi connectivity index (χ2v) is 11.5. The van der Waals surface area contributed by atoms with Crippen molar-refractivity contribution in [1.82, 2.24) is 0 Å². The number of rotatable bonds is 1. The van der Waals surface area contributed by atoms with Gasteiger partial charge in [-0.25, -0.2) is 0 Å². The van der Waals surface area contributed by atoms with E-state index in [9.17, 15) is 24.3 Å². The minimum atomic E-state index is -1.98. The molecule has 5 aliphatic rings. The van der Waals surface area contributed by atoms with Crippen LogP contribution in [0.25, 0.3) is 0 Å². The number of ketones is 1. The first kappa shape index (κ1) is 24.2. The molecule has 3 heterocycles. The van der Waals surface area contributed by atoms with Crippen LogP contribution in [0.15, 0.2) is 22.8 Å². The quantitative estimate of drug-likeness (QED) is 0.436. The van der Waals surface area contributed by atoms with Gasteiger partial charge in [0.15, 0.2) is 11.4 Å². The third-order valence-corrected chi connectivity index (χ3v) is 9.47. The molecule has 0 amide bonds. The van der Waals surface area contributed by atoms with Crippen LogP contribution in [0, 0.1) is 28.6 Å². The van der Waals surface area contributed by atoms with E-state index in [2.05, 4.69) is 0 Å². The van der Waals surface area contributed by atoms with Gasteiger partial charge in [0.2, 0.25) is 6.29 Å². The molecule has 0 aromatic rings. The summed E-state index contributed by atoms with van der Waals surface area (Å²) in [6.45, 7) is 10.3. The molecule has 5 rings (SSSR count). The van der Waals surface area contributed by atoms with E-state index >= 15 is 0 Å². The van der Waals surface area contributed by atoms with Crippen molar-refractivity contribution in [2.45, 2.75) is 78.0 Å². The average Bonchev–Trinajstić information content (AvgIpc) is 2.89. The number of carbonyl (C=O) groups excluding carboxylic acids is 4. The molecule has 9 heteroatoms. The van der Waals surface area contributed by atoms with E-state index < -0.39 is 75.9 Å². The number of esters is 3. The molecule has 0 bridgehead atoms. The first-order valence-electron chi connectivity index (χ1n) is 12.0. The number of hydrogen-bond acceptors (Lipinski definition) is 9. The largest absolute Gasteiger partial charge is 0.469 e. The molecular formula is C26H32O9. The Hall–Kier alpha value is -2.52. The topological polar surface area (TPSA) is 125 Å². The second kappa shape index (κ2) is 7.03. The Balaban J connectivity index is 1.85. The van der Waals surface area contributed by atoms with Gasteiger partial charge in [0.05, 0.1) is 25.4 Å². The van der Waals surface area contributed by atoms with Crippen molar-refractivity contribution in [3.8, 4) is 0 Å². The van der Waals surface area contributed by atoms with Crippen LogP contribution >= 0.6 is 0 Å². The van der Waals surface area contributed by atoms with Gasteiger partial charge in [0, 0.05) is 5.41 Å². The first-order chi connectivity index (χ1) is 16.1. The summed E-state index contributed by atoms with van der Waals surface area (Å²) >= 11 is 0. The lowest BCUT2D eigenvalue weighted by Crippen LogP contribution is -2.73. The van der Waals surface area contributed by atoms with Crippen LogP contribution in [-0.4, -0.2) is 59.5 Å². The molecule has 8 atom stereocenters. The summed E-state index contributed by atoms with van der Waals surface area (Å²) < 4.78 is 22.1. The number of methoxy groups -OCH3 is 1. The summed E-state index contributed by atoms with van der Waals surface area (Å²) in [5, 5.41) is 12.2. The van der Waals surface area contributed by atoms with Gasteiger partial charge in [0.25, 0.3) is 0 Å². The maximum absolute atomic E-state index is 13.8. The van der Waals surface area contributed by atoms with Crippen molar-refractivity contribution in [3.05, 3.63) is 22.8 Å². The van der Waals surface area contributed by atoms with Crippen LogP contribution in [0.1, 0.15) is 54.4 Å². The number of ether oxygens (including phenoxy) is 4. The van der Waals surface area contributed by atoms with E-state index in [-0.39, 0.29) is 12.8 Å². The molecule has 2 aliphatic carbocycles. The number of cyclic esters (lactones) is 1. The fraction of sp³-hybridized carbons (Fsp3) is 0.692. The molecule has 3 saturated heterocycles. The van der Waals surface area contributed by atoms with Crippen molar-refractivity contribution < 1.29 is 43.2 Å². The fourth-order valence-corrected chi connectivity index (χ4v) is 7.54. The van der Waals surface area contributed by atoms with Gasteiger partial charge in [-0.2, -0.15) is 0 Å². The van der Waals surface area contributed by atoms with E-state index in [1.807, 2.05) is 6.92 Å². The van der Waals surface area contributed by atoms with Gasteiger partial charge in [-0.3, -0.25) is 19.2 Å². The van der Waals surface area contributed by atoms with E-state index in [1.165, 1.54) is 7.11 Å². The smallest absolute Gasteiger partial charge is 0.317 e. The van der Waals surface area contributed by atoms with Crippen LogP contribution in [0.4, 0.5) is 0 Å². The maximum Gasteiger partial charge on any atom is 0.317 e. The number of aliphatic hydroxyl groups is 1. The number of hydrogen-bond donors (Lipinski definition) is 1. The second-order valence-electron chi connectivity index (χ2n) is 11.5. The van der Waals surface area contributed by atoms with Gasteiger partial charge in [0.1, 0.15) is 17.1 Å². The van der Waals surface area contributed by atoms with Crippen molar-refractivity contribution >= 4 is 23.7 Å². The lowest BCUT2D eigenvalue weighted by Gasteiger charge is -2.61. The van der Waals surface area contributed by atoms with Gasteiger partial charge in [-0.15, -0.1) is 0 Å². The third kappa shape index (κ3) is 2.71. The molecule has 0 aromatic heterocycles. The summed E-state index contributed by atoms with van der Waals surface area (Å²) in [6.07, 6.45) is -0.434. The predicted octanol–water partition coefficient (Wildman–Crippen LogP) is 2.01. The minimum Gasteiger partial charge on any atom is -0.469 e. The Bertz CT molecular complexity index is 1130. The molecule has 3 aliphatic heterocycles. The van der Waals surface area contributed by atoms with Crippen LogP contribution in [-0.2, 0) is 38.1 Å². The van der Waals surface area contributed by atoms with E-state index in [4.69, 9.17) is 18.9 Å². The lowest BCUT2D eigenvalue weighted by molar-refractivity contribution is -0.291. The Kier molecular flexibility index (Phi) is 4.86. The summed E-state index contributed by atoms with van der Waals surface area (Å²) in [5.74, 6) is -4.68. The molecule has 190 valence electrons. The highest BCUT2D eigenvalue weighted by Crippen LogP contribution is 2.69. The predicted molar refractivity (Wildman–Crippen MR) is 119 cm³/mol. The summed E-state index contributed by atoms with van der Waals surface area (Å²) in [5.41, 5.74) is -3.46. The van der Waals surface area contributed by atoms with Crippen molar-refractivity contribution in [2.75, 3.05) is 7.11 Å². The number of Topliss-reactive ketones (excluding diaryl/α,β-unsaturated/α-hetero) is 1. The zero-order chi connectivity index (χ0) is 25.9. The van der Waals surface area contributed by atoms with Crippen LogP contribution in [0.2, 0.25) is 0 Å². The highest BCUT2D eigenvalue weighted by Gasteiger charge is 2.80. The Labute approximate surface area is 203 Å². The summed E-state index contributed by atoms with van der Waals surface area (Å²) in [6, 6.07) is 0. The molecule has 1 N–H and O–H groups in total. The fourth-order valence-electron chi connectivity index (χ4n) is 7.54. The van der Waals surface area contributed by atoms with Gasteiger partial charge in [-0.1, -0.05) is 18.6 Å². The maximum atomic E-state index is 13.8. The molecule has 0 aromatic carbocycles. The van der Waals surface area contributed by atoms with Crippen molar-refractivity contribution in [2.24, 2.45) is 28.6 Å². The number of fused-ring (bicyclic) bond motifs is 3. The van der Waals surface area contributed by atoms with E-state index in [0.29, 0.717) is 5.57 Å². The average molecular weight is 489 g/mol. The first-order valence-corrected chi connectivity index (χ1v) is 12.0. The SMILES string of the molecule is COC(=O)[C@@H]1C=C2C(=C(C)[C@@H]3C[C@@]4(C)C(=O)O[C@H]5O[C@@H](C)C(=O)[C@H]([C@]13C)[C@]54O)CC(=O)OC2(C)C. The molecule has 1 saturated carbocycles. The van der Waals surface area contributed by atoms with Crippen LogP contribution in [0.3, 0.4) is 0 Å². The molecular weight excluding hydrogens is 456 g/mol. The molecule has 9 nitrogen and oxygen atoms in total. The number of carbonyl (C=O) groups is 4. The van der Waals surface area contributed by atoms with Crippen LogP contribution < -0.4 is 0 Å². The molecule has 4 fully saturated rings. The third-order valence-electron chi connectivity index (χ3n) is 9.47.